The number of hydrogen-bond donors (Lipinski definition) is 1. The minimum Gasteiger partial charge on any atom is -0.372 e. The molecular formula is C27H31N5O. The fourth-order valence-electron chi connectivity index (χ4n) is 4.26. The van der Waals surface area contributed by atoms with Crippen LogP contribution in [-0.4, -0.2) is 34.0 Å². The van der Waals surface area contributed by atoms with Crippen LogP contribution in [0.15, 0.2) is 48.5 Å². The summed E-state index contributed by atoms with van der Waals surface area (Å²) in [6.45, 7) is 14.3. The summed E-state index contributed by atoms with van der Waals surface area (Å²) >= 11 is 0. The van der Waals surface area contributed by atoms with E-state index < -0.39 is 0 Å². The average molecular weight is 442 g/mol. The van der Waals surface area contributed by atoms with E-state index in [1.807, 2.05) is 45.0 Å². The van der Waals surface area contributed by atoms with Gasteiger partial charge in [0.05, 0.1) is 5.69 Å². The molecule has 3 aromatic carbocycles. The predicted octanol–water partition coefficient (Wildman–Crippen LogP) is 5.75. The third kappa shape index (κ3) is 4.60. The zero-order valence-corrected chi connectivity index (χ0v) is 20.2. The molecule has 0 unspecified atom stereocenters. The molecule has 4 aromatic rings. The third-order valence-electron chi connectivity index (χ3n) is 5.98. The molecule has 0 aliphatic carbocycles. The lowest BCUT2D eigenvalue weighted by Crippen LogP contribution is -2.21. The van der Waals surface area contributed by atoms with E-state index in [9.17, 15) is 4.79 Å². The molecule has 0 saturated heterocycles. The number of hydrogen-bond acceptors (Lipinski definition) is 4. The van der Waals surface area contributed by atoms with Gasteiger partial charge in [0, 0.05) is 30.0 Å². The normalized spacial score (nSPS) is 11.1. The molecule has 0 atom stereocenters. The van der Waals surface area contributed by atoms with Gasteiger partial charge in [-0.3, -0.25) is 4.79 Å². The van der Waals surface area contributed by atoms with Crippen molar-refractivity contribution in [2.24, 2.45) is 0 Å². The molecule has 0 aliphatic heterocycles. The van der Waals surface area contributed by atoms with Crippen LogP contribution in [0.4, 0.5) is 11.4 Å². The maximum atomic E-state index is 12.9. The van der Waals surface area contributed by atoms with Crippen LogP contribution in [0.3, 0.4) is 0 Å². The van der Waals surface area contributed by atoms with Crippen LogP contribution in [0.25, 0.3) is 16.7 Å². The fourth-order valence-corrected chi connectivity index (χ4v) is 4.26. The molecule has 33 heavy (non-hydrogen) atoms. The van der Waals surface area contributed by atoms with Crippen molar-refractivity contribution in [2.45, 2.75) is 41.5 Å². The Hall–Kier alpha value is -3.67. The summed E-state index contributed by atoms with van der Waals surface area (Å²) in [6.07, 6.45) is 0. The first-order valence-corrected chi connectivity index (χ1v) is 11.4. The van der Waals surface area contributed by atoms with Gasteiger partial charge in [-0.15, -0.1) is 10.2 Å². The standard InChI is InChI=1S/C27H31N5O/c1-7-31(8-2)22-9-10-26(20(6)14-22)32-29-24-15-19(5)23(16-25(24)30-32)28-27(33)21-12-17(3)11-18(4)13-21/h9-16H,7-8H2,1-6H3,(H,28,33). The first-order valence-electron chi connectivity index (χ1n) is 11.4. The molecule has 0 fully saturated rings. The van der Waals surface area contributed by atoms with Crippen molar-refractivity contribution in [1.82, 2.24) is 15.0 Å². The summed E-state index contributed by atoms with van der Waals surface area (Å²) < 4.78 is 0. The number of anilines is 2. The molecule has 1 N–H and O–H groups in total. The number of aromatic nitrogens is 3. The molecule has 0 bridgehead atoms. The monoisotopic (exact) mass is 441 g/mol. The van der Waals surface area contributed by atoms with Crippen LogP contribution in [0.1, 0.15) is 46.5 Å². The van der Waals surface area contributed by atoms with Gasteiger partial charge in [0.25, 0.3) is 5.91 Å². The smallest absolute Gasteiger partial charge is 0.255 e. The summed E-state index contributed by atoms with van der Waals surface area (Å²) in [6, 6.07) is 16.1. The van der Waals surface area contributed by atoms with Gasteiger partial charge in [0.1, 0.15) is 11.0 Å². The minimum absolute atomic E-state index is 0.125. The van der Waals surface area contributed by atoms with Crippen molar-refractivity contribution in [3.05, 3.63) is 76.3 Å². The van der Waals surface area contributed by atoms with Crippen LogP contribution in [0.5, 0.6) is 0 Å². The Labute approximate surface area is 195 Å². The van der Waals surface area contributed by atoms with Gasteiger partial charge in [-0.25, -0.2) is 0 Å². The molecule has 0 radical (unpaired) electrons. The Kier molecular flexibility index (Phi) is 6.18. The van der Waals surface area contributed by atoms with Crippen molar-refractivity contribution < 1.29 is 4.79 Å². The summed E-state index contributed by atoms with van der Waals surface area (Å²) in [5.41, 5.74) is 9.27. The van der Waals surface area contributed by atoms with Gasteiger partial charge in [-0.2, -0.15) is 4.80 Å². The van der Waals surface area contributed by atoms with E-state index in [4.69, 9.17) is 10.2 Å². The Bertz CT molecular complexity index is 1310. The van der Waals surface area contributed by atoms with Crippen molar-refractivity contribution >= 4 is 28.3 Å². The number of benzene rings is 3. The predicted molar refractivity (Wildman–Crippen MR) is 136 cm³/mol. The molecule has 0 aliphatic rings. The van der Waals surface area contributed by atoms with Crippen molar-refractivity contribution in [1.29, 1.82) is 0 Å². The van der Waals surface area contributed by atoms with E-state index in [0.717, 1.165) is 57.8 Å². The number of rotatable bonds is 6. The quantitative estimate of drug-likeness (QED) is 0.414. The molecule has 4 rings (SSSR count). The lowest BCUT2D eigenvalue weighted by molar-refractivity contribution is 0.102. The summed E-state index contributed by atoms with van der Waals surface area (Å²) in [5.74, 6) is -0.125. The SMILES string of the molecule is CCN(CC)c1ccc(-n2nc3cc(C)c(NC(=O)c4cc(C)cc(C)c4)cc3n2)c(C)c1. The highest BCUT2D eigenvalue weighted by atomic mass is 16.1. The Morgan fingerprint density at radius 1 is 0.848 bits per heavy atom. The topological polar surface area (TPSA) is 63.1 Å². The van der Waals surface area contributed by atoms with Crippen molar-refractivity contribution in [2.75, 3.05) is 23.3 Å². The van der Waals surface area contributed by atoms with Gasteiger partial charge in [0.2, 0.25) is 0 Å². The molecule has 0 saturated carbocycles. The van der Waals surface area contributed by atoms with E-state index >= 15 is 0 Å². The highest BCUT2D eigenvalue weighted by Gasteiger charge is 2.14. The molecular weight excluding hydrogens is 410 g/mol. The molecule has 1 aromatic heterocycles. The second kappa shape index (κ2) is 9.06. The Morgan fingerprint density at radius 3 is 2.09 bits per heavy atom. The van der Waals surface area contributed by atoms with Gasteiger partial charge in [-0.05, 0) is 95.1 Å². The largest absolute Gasteiger partial charge is 0.372 e. The molecule has 6 nitrogen and oxygen atoms in total. The van der Waals surface area contributed by atoms with Crippen molar-refractivity contribution in [3.63, 3.8) is 0 Å². The molecule has 6 heteroatoms. The molecule has 0 spiro atoms. The fraction of sp³-hybridized carbons (Fsp3) is 0.296. The number of nitrogens with one attached hydrogen (secondary N) is 1. The number of amides is 1. The highest BCUT2D eigenvalue weighted by molar-refractivity contribution is 6.05. The molecule has 1 amide bonds. The maximum Gasteiger partial charge on any atom is 0.255 e. The molecule has 170 valence electrons. The van der Waals surface area contributed by atoms with E-state index in [1.54, 1.807) is 4.80 Å². The van der Waals surface area contributed by atoms with E-state index in [1.165, 1.54) is 5.69 Å². The first-order chi connectivity index (χ1) is 15.8. The van der Waals surface area contributed by atoms with Gasteiger partial charge >= 0.3 is 0 Å². The summed E-state index contributed by atoms with van der Waals surface area (Å²) in [5, 5.41) is 12.5. The van der Waals surface area contributed by atoms with Gasteiger partial charge < -0.3 is 10.2 Å². The number of carbonyl (C=O) groups is 1. The van der Waals surface area contributed by atoms with Crippen LogP contribution < -0.4 is 10.2 Å². The summed E-state index contributed by atoms with van der Waals surface area (Å²) in [7, 11) is 0. The second-order valence-corrected chi connectivity index (χ2v) is 8.62. The van der Waals surface area contributed by atoms with Crippen molar-refractivity contribution in [3.8, 4) is 5.69 Å². The van der Waals surface area contributed by atoms with E-state index in [-0.39, 0.29) is 5.91 Å². The maximum absolute atomic E-state index is 12.9. The van der Waals surface area contributed by atoms with Crippen LogP contribution in [0, 0.1) is 27.7 Å². The van der Waals surface area contributed by atoms with E-state index in [2.05, 4.69) is 55.3 Å². The Balaban J connectivity index is 1.65. The number of fused-ring (bicyclic) bond motifs is 1. The van der Waals surface area contributed by atoms with Crippen LogP contribution in [-0.2, 0) is 0 Å². The number of carbonyl (C=O) groups excluding carboxylic acids is 1. The first kappa shape index (κ1) is 22.5. The van der Waals surface area contributed by atoms with Gasteiger partial charge in [0.15, 0.2) is 0 Å². The lowest BCUT2D eigenvalue weighted by Gasteiger charge is -2.22. The zero-order valence-electron chi connectivity index (χ0n) is 20.2. The number of nitrogens with zero attached hydrogens (tertiary/aromatic N) is 4. The van der Waals surface area contributed by atoms with Gasteiger partial charge in [-0.1, -0.05) is 17.2 Å². The lowest BCUT2D eigenvalue weighted by atomic mass is 10.1. The number of aryl methyl sites for hydroxylation is 4. The second-order valence-electron chi connectivity index (χ2n) is 8.62. The highest BCUT2D eigenvalue weighted by Crippen LogP contribution is 2.25. The molecule has 1 heterocycles. The Morgan fingerprint density at radius 2 is 1.48 bits per heavy atom. The van der Waals surface area contributed by atoms with Crippen LogP contribution >= 0.6 is 0 Å². The third-order valence-corrected chi connectivity index (χ3v) is 5.98. The van der Waals surface area contributed by atoms with Crippen LogP contribution in [0.2, 0.25) is 0 Å². The minimum atomic E-state index is -0.125. The average Bonchev–Trinajstić information content (AvgIpc) is 3.16. The van der Waals surface area contributed by atoms with E-state index in [0.29, 0.717) is 5.56 Å². The zero-order chi connectivity index (χ0) is 23.7. The summed E-state index contributed by atoms with van der Waals surface area (Å²) in [4.78, 5) is 16.9.